The summed E-state index contributed by atoms with van der Waals surface area (Å²) < 4.78 is 5.17. The van der Waals surface area contributed by atoms with E-state index in [1.165, 1.54) is 6.08 Å². The minimum Gasteiger partial charge on any atom is -0.499 e. The van der Waals surface area contributed by atoms with Crippen molar-refractivity contribution < 1.29 is 14.4 Å². The number of rotatable bonds is 3. The third kappa shape index (κ3) is 4.12. The van der Waals surface area contributed by atoms with Crippen LogP contribution in [-0.4, -0.2) is 38.8 Å². The largest absolute Gasteiger partial charge is 0.499 e. The molecular formula is C14H21NO3Si. The first-order valence-electron chi connectivity index (χ1n) is 6.65. The number of carbonyl (C=O) groups is 1. The molecule has 0 saturated heterocycles. The molecule has 0 amide bonds. The van der Waals surface area contributed by atoms with E-state index < -0.39 is 8.07 Å². The minimum atomic E-state index is -1.42. The van der Waals surface area contributed by atoms with Crippen molar-refractivity contribution in [2.24, 2.45) is 5.92 Å². The van der Waals surface area contributed by atoms with Crippen LogP contribution < -0.4 is 0 Å². The second-order valence-corrected chi connectivity index (χ2v) is 10.9. The van der Waals surface area contributed by atoms with Gasteiger partial charge < -0.3 is 9.57 Å². The van der Waals surface area contributed by atoms with E-state index in [1.807, 2.05) is 0 Å². The second kappa shape index (κ2) is 5.39. The number of methoxy groups -OCH3 is 1. The fourth-order valence-corrected chi connectivity index (χ4v) is 2.49. The van der Waals surface area contributed by atoms with Gasteiger partial charge in [0.1, 0.15) is 19.9 Å². The number of nitrogens with zero attached hydrogens (tertiary/aromatic N) is 1. The van der Waals surface area contributed by atoms with E-state index in [9.17, 15) is 4.79 Å². The SMILES string of the molecule is COC1=CC(=O)ON(C(C#C[Si](C)(C)C)C2CC2)C1. The monoisotopic (exact) mass is 279 g/mol. The molecule has 1 aliphatic heterocycles. The molecule has 104 valence electrons. The van der Waals surface area contributed by atoms with Crippen LogP contribution in [0, 0.1) is 17.4 Å². The van der Waals surface area contributed by atoms with Crippen LogP contribution in [0.25, 0.3) is 0 Å². The Kier molecular flexibility index (Phi) is 4.02. The lowest BCUT2D eigenvalue weighted by molar-refractivity contribution is -0.196. The van der Waals surface area contributed by atoms with Crippen molar-refractivity contribution in [1.82, 2.24) is 5.06 Å². The Morgan fingerprint density at radius 3 is 2.68 bits per heavy atom. The lowest BCUT2D eigenvalue weighted by Crippen LogP contribution is -2.42. The zero-order valence-electron chi connectivity index (χ0n) is 12.0. The molecule has 1 atom stereocenters. The molecule has 2 aliphatic rings. The topological polar surface area (TPSA) is 38.8 Å². The van der Waals surface area contributed by atoms with E-state index in [0.717, 1.165) is 12.8 Å². The summed E-state index contributed by atoms with van der Waals surface area (Å²) >= 11 is 0. The lowest BCUT2D eigenvalue weighted by Gasteiger charge is -2.29. The normalized spacial score (nSPS) is 21.9. The molecule has 0 radical (unpaired) electrons. The van der Waals surface area contributed by atoms with Crippen molar-refractivity contribution in [2.45, 2.75) is 38.5 Å². The van der Waals surface area contributed by atoms with Gasteiger partial charge in [-0.2, -0.15) is 0 Å². The molecule has 1 aliphatic carbocycles. The standard InChI is InChI=1S/C14H21NO3Si/c1-17-12-9-14(16)18-15(10-12)13(11-5-6-11)7-8-19(2,3)4/h9,11,13H,5-6,10H2,1-4H3. The molecule has 0 N–H and O–H groups in total. The number of carbonyl (C=O) groups excluding carboxylic acids is 1. The molecule has 1 fully saturated rings. The van der Waals surface area contributed by atoms with E-state index in [-0.39, 0.29) is 12.0 Å². The minimum absolute atomic E-state index is 0.00882. The zero-order valence-corrected chi connectivity index (χ0v) is 13.0. The fraction of sp³-hybridized carbons (Fsp3) is 0.643. The average molecular weight is 279 g/mol. The predicted molar refractivity (Wildman–Crippen MR) is 75.5 cm³/mol. The first-order chi connectivity index (χ1) is 8.89. The van der Waals surface area contributed by atoms with Crippen molar-refractivity contribution in [3.63, 3.8) is 0 Å². The molecule has 1 unspecified atom stereocenters. The summed E-state index contributed by atoms with van der Waals surface area (Å²) in [6, 6.07) is 0.00882. The van der Waals surface area contributed by atoms with Gasteiger partial charge in [0.25, 0.3) is 0 Å². The average Bonchev–Trinajstić information content (AvgIpc) is 3.11. The van der Waals surface area contributed by atoms with Crippen molar-refractivity contribution >= 4 is 14.0 Å². The van der Waals surface area contributed by atoms with Crippen molar-refractivity contribution in [2.75, 3.05) is 13.7 Å². The van der Waals surface area contributed by atoms with Crippen LogP contribution in [0.15, 0.2) is 11.8 Å². The summed E-state index contributed by atoms with van der Waals surface area (Å²) in [6.45, 7) is 7.13. The summed E-state index contributed by atoms with van der Waals surface area (Å²) in [5.41, 5.74) is 3.38. The first-order valence-corrected chi connectivity index (χ1v) is 10.1. The van der Waals surface area contributed by atoms with E-state index >= 15 is 0 Å². The quantitative estimate of drug-likeness (QED) is 0.585. The van der Waals surface area contributed by atoms with Gasteiger partial charge in [0.15, 0.2) is 0 Å². The molecule has 2 rings (SSSR count). The van der Waals surface area contributed by atoms with Gasteiger partial charge in [-0.3, -0.25) is 0 Å². The number of hydrogen-bond donors (Lipinski definition) is 0. The molecule has 0 spiro atoms. The van der Waals surface area contributed by atoms with Gasteiger partial charge in [0.2, 0.25) is 0 Å². The Morgan fingerprint density at radius 1 is 1.47 bits per heavy atom. The van der Waals surface area contributed by atoms with Crippen LogP contribution in [0.2, 0.25) is 19.6 Å². The highest BCUT2D eigenvalue weighted by molar-refractivity contribution is 6.83. The molecule has 0 aromatic heterocycles. The second-order valence-electron chi connectivity index (χ2n) is 6.10. The highest BCUT2D eigenvalue weighted by Gasteiger charge is 2.38. The summed E-state index contributed by atoms with van der Waals surface area (Å²) in [6.07, 6.45) is 3.71. The molecule has 0 bridgehead atoms. The molecule has 5 heteroatoms. The fourth-order valence-electron chi connectivity index (χ4n) is 1.91. The lowest BCUT2D eigenvalue weighted by atomic mass is 10.2. The molecular weight excluding hydrogens is 258 g/mol. The Balaban J connectivity index is 2.14. The van der Waals surface area contributed by atoms with Crippen LogP contribution in [0.4, 0.5) is 0 Å². The molecule has 4 nitrogen and oxygen atoms in total. The predicted octanol–water partition coefficient (Wildman–Crippen LogP) is 1.95. The van der Waals surface area contributed by atoms with Gasteiger partial charge in [-0.15, -0.1) is 10.6 Å². The molecule has 1 saturated carbocycles. The number of hydrogen-bond acceptors (Lipinski definition) is 4. The van der Waals surface area contributed by atoms with E-state index in [1.54, 1.807) is 12.2 Å². The van der Waals surface area contributed by atoms with Crippen LogP contribution in [-0.2, 0) is 14.4 Å². The van der Waals surface area contributed by atoms with E-state index in [4.69, 9.17) is 9.57 Å². The highest BCUT2D eigenvalue weighted by Crippen LogP contribution is 2.36. The van der Waals surface area contributed by atoms with Gasteiger partial charge in [0, 0.05) is 0 Å². The zero-order chi connectivity index (χ0) is 14.0. The van der Waals surface area contributed by atoms with Crippen LogP contribution in [0.3, 0.4) is 0 Å². The summed E-state index contributed by atoms with van der Waals surface area (Å²) in [5, 5.41) is 1.69. The summed E-state index contributed by atoms with van der Waals surface area (Å²) in [7, 11) is 0.154. The van der Waals surface area contributed by atoms with Crippen LogP contribution in [0.1, 0.15) is 12.8 Å². The van der Waals surface area contributed by atoms with Gasteiger partial charge in [0.05, 0.1) is 19.7 Å². The Labute approximate surface area is 115 Å². The summed E-state index contributed by atoms with van der Waals surface area (Å²) in [4.78, 5) is 16.8. The Bertz CT molecular complexity index is 452. The molecule has 0 aromatic carbocycles. The van der Waals surface area contributed by atoms with Crippen LogP contribution in [0.5, 0.6) is 0 Å². The molecule has 0 aromatic rings. The maximum atomic E-state index is 11.5. The van der Waals surface area contributed by atoms with Crippen molar-refractivity contribution in [3.8, 4) is 11.5 Å². The number of hydroxylamine groups is 2. The Morgan fingerprint density at radius 2 is 2.16 bits per heavy atom. The van der Waals surface area contributed by atoms with Gasteiger partial charge in [-0.25, -0.2) is 4.79 Å². The molecule has 19 heavy (non-hydrogen) atoms. The van der Waals surface area contributed by atoms with E-state index in [2.05, 4.69) is 31.1 Å². The van der Waals surface area contributed by atoms with Crippen molar-refractivity contribution in [3.05, 3.63) is 11.8 Å². The first kappa shape index (κ1) is 14.2. The van der Waals surface area contributed by atoms with Gasteiger partial charge in [-0.05, 0) is 18.8 Å². The van der Waals surface area contributed by atoms with Gasteiger partial charge >= 0.3 is 5.97 Å². The third-order valence-corrected chi connectivity index (χ3v) is 3.93. The number of ether oxygens (including phenoxy) is 1. The summed E-state index contributed by atoms with van der Waals surface area (Å²) in [5.74, 6) is 4.12. The smallest absolute Gasteiger partial charge is 0.353 e. The Hall–Kier alpha value is -1.25. The van der Waals surface area contributed by atoms with Gasteiger partial charge in [-0.1, -0.05) is 25.6 Å². The van der Waals surface area contributed by atoms with Crippen molar-refractivity contribution in [1.29, 1.82) is 0 Å². The highest BCUT2D eigenvalue weighted by atomic mass is 28.3. The van der Waals surface area contributed by atoms with Crippen LogP contribution >= 0.6 is 0 Å². The maximum Gasteiger partial charge on any atom is 0.353 e. The maximum absolute atomic E-state index is 11.5. The third-order valence-electron chi connectivity index (χ3n) is 3.03. The van der Waals surface area contributed by atoms with E-state index in [0.29, 0.717) is 18.2 Å². The molecule has 1 heterocycles.